The molecule has 1 aliphatic heterocycles. The average Bonchev–Trinajstić information content (AvgIpc) is 2.39. The van der Waals surface area contributed by atoms with Gasteiger partial charge in [-0.1, -0.05) is 6.07 Å². The van der Waals surface area contributed by atoms with Crippen molar-refractivity contribution in [1.82, 2.24) is 4.72 Å². The van der Waals surface area contributed by atoms with Crippen molar-refractivity contribution in [3.05, 3.63) is 29.8 Å². The second-order valence-electron chi connectivity index (χ2n) is 4.37. The molecule has 2 rings (SSSR count). The van der Waals surface area contributed by atoms with E-state index in [-0.39, 0.29) is 16.5 Å². The third-order valence-corrected chi connectivity index (χ3v) is 4.39. The Morgan fingerprint density at radius 1 is 1.42 bits per heavy atom. The zero-order valence-electron chi connectivity index (χ0n) is 10.2. The van der Waals surface area contributed by atoms with E-state index < -0.39 is 16.0 Å². The molecule has 1 aliphatic rings. The molecule has 0 bridgehead atoms. The molecule has 19 heavy (non-hydrogen) atoms. The van der Waals surface area contributed by atoms with Crippen molar-refractivity contribution in [2.45, 2.75) is 23.8 Å². The highest BCUT2D eigenvalue weighted by molar-refractivity contribution is 7.89. The van der Waals surface area contributed by atoms with Crippen LogP contribution in [-0.4, -0.2) is 38.7 Å². The van der Waals surface area contributed by atoms with Crippen LogP contribution in [0.3, 0.4) is 0 Å². The standard InChI is InChI=1S/C12H15NO5S/c14-12(15)9-3-1-5-11(7-9)19(16,17)13-10-4-2-6-18-8-10/h1,3,5,7,10,13H,2,4,6,8H2,(H,14,15). The van der Waals surface area contributed by atoms with Gasteiger partial charge in [0.1, 0.15) is 0 Å². The van der Waals surface area contributed by atoms with Crippen LogP contribution in [0.15, 0.2) is 29.2 Å². The van der Waals surface area contributed by atoms with Crippen molar-refractivity contribution in [3.63, 3.8) is 0 Å². The van der Waals surface area contributed by atoms with Gasteiger partial charge in [0.15, 0.2) is 0 Å². The van der Waals surface area contributed by atoms with Gasteiger partial charge in [-0.3, -0.25) is 0 Å². The molecule has 2 N–H and O–H groups in total. The van der Waals surface area contributed by atoms with Gasteiger partial charge < -0.3 is 9.84 Å². The van der Waals surface area contributed by atoms with Crippen LogP contribution >= 0.6 is 0 Å². The van der Waals surface area contributed by atoms with Crippen LogP contribution < -0.4 is 4.72 Å². The zero-order chi connectivity index (χ0) is 13.9. The summed E-state index contributed by atoms with van der Waals surface area (Å²) in [6.45, 7) is 0.991. The van der Waals surface area contributed by atoms with Crippen LogP contribution in [0.5, 0.6) is 0 Å². The Kier molecular flexibility index (Phi) is 4.18. The Bertz CT molecular complexity index is 563. The number of carboxylic acids is 1. The van der Waals surface area contributed by atoms with Crippen molar-refractivity contribution < 1.29 is 23.1 Å². The summed E-state index contributed by atoms with van der Waals surface area (Å²) < 4.78 is 32.0. The molecule has 1 fully saturated rings. The number of aromatic carboxylic acids is 1. The summed E-state index contributed by atoms with van der Waals surface area (Å²) in [5, 5.41) is 8.86. The summed E-state index contributed by atoms with van der Waals surface area (Å²) in [6.07, 6.45) is 1.53. The molecule has 7 heteroatoms. The van der Waals surface area contributed by atoms with Gasteiger partial charge in [-0.15, -0.1) is 0 Å². The molecule has 1 aromatic carbocycles. The first-order valence-electron chi connectivity index (χ1n) is 5.92. The van der Waals surface area contributed by atoms with Crippen LogP contribution in [0, 0.1) is 0 Å². The largest absolute Gasteiger partial charge is 0.478 e. The highest BCUT2D eigenvalue weighted by Crippen LogP contribution is 2.14. The van der Waals surface area contributed by atoms with E-state index in [0.717, 1.165) is 18.9 Å². The second kappa shape index (κ2) is 5.68. The molecule has 104 valence electrons. The van der Waals surface area contributed by atoms with Gasteiger partial charge in [-0.25, -0.2) is 17.9 Å². The highest BCUT2D eigenvalue weighted by Gasteiger charge is 2.22. The van der Waals surface area contributed by atoms with Gasteiger partial charge in [-0.05, 0) is 31.0 Å². The maximum atomic E-state index is 12.1. The molecule has 0 aliphatic carbocycles. The Balaban J connectivity index is 2.18. The molecular weight excluding hydrogens is 270 g/mol. The SMILES string of the molecule is O=C(O)c1cccc(S(=O)(=O)NC2CCCOC2)c1. The predicted octanol–water partition coefficient (Wildman–Crippen LogP) is 0.842. The lowest BCUT2D eigenvalue weighted by molar-refractivity contribution is 0.0696. The number of benzene rings is 1. The van der Waals surface area contributed by atoms with Crippen LogP contribution in [0.2, 0.25) is 0 Å². The predicted molar refractivity (Wildman–Crippen MR) is 67.6 cm³/mol. The molecule has 1 aromatic rings. The lowest BCUT2D eigenvalue weighted by Crippen LogP contribution is -2.40. The second-order valence-corrected chi connectivity index (χ2v) is 6.08. The van der Waals surface area contributed by atoms with Crippen LogP contribution in [0.25, 0.3) is 0 Å². The van der Waals surface area contributed by atoms with E-state index in [1.54, 1.807) is 0 Å². The Labute approximate surface area is 111 Å². The minimum atomic E-state index is -3.71. The maximum absolute atomic E-state index is 12.1. The van der Waals surface area contributed by atoms with Crippen molar-refractivity contribution in [3.8, 4) is 0 Å². The third kappa shape index (κ3) is 3.52. The summed E-state index contributed by atoms with van der Waals surface area (Å²) in [4.78, 5) is 10.8. The Hall–Kier alpha value is -1.44. The molecule has 1 saturated heterocycles. The van der Waals surface area contributed by atoms with Crippen LogP contribution in [0.4, 0.5) is 0 Å². The molecule has 1 unspecified atom stereocenters. The number of ether oxygens (including phenoxy) is 1. The fourth-order valence-corrected chi connectivity index (χ4v) is 3.22. The van der Waals surface area contributed by atoms with Gasteiger partial charge in [0, 0.05) is 12.6 Å². The quantitative estimate of drug-likeness (QED) is 0.855. The first-order valence-corrected chi connectivity index (χ1v) is 7.41. The number of hydrogen-bond donors (Lipinski definition) is 2. The van der Waals surface area contributed by atoms with Gasteiger partial charge >= 0.3 is 5.97 Å². The highest BCUT2D eigenvalue weighted by atomic mass is 32.2. The monoisotopic (exact) mass is 285 g/mol. The Morgan fingerprint density at radius 2 is 2.21 bits per heavy atom. The summed E-state index contributed by atoms with van der Waals surface area (Å²) in [5.41, 5.74) is -0.0530. The third-order valence-electron chi connectivity index (χ3n) is 2.87. The molecule has 0 aromatic heterocycles. The van der Waals surface area contributed by atoms with Crippen molar-refractivity contribution in [2.75, 3.05) is 13.2 Å². The van der Waals surface area contributed by atoms with E-state index in [2.05, 4.69) is 4.72 Å². The lowest BCUT2D eigenvalue weighted by atomic mass is 10.1. The van der Waals surface area contributed by atoms with E-state index in [4.69, 9.17) is 9.84 Å². The smallest absolute Gasteiger partial charge is 0.335 e. The van der Waals surface area contributed by atoms with Crippen molar-refractivity contribution in [2.24, 2.45) is 0 Å². The Morgan fingerprint density at radius 3 is 2.84 bits per heavy atom. The van der Waals surface area contributed by atoms with E-state index in [1.807, 2.05) is 0 Å². The molecule has 1 heterocycles. The number of rotatable bonds is 4. The summed E-state index contributed by atoms with van der Waals surface area (Å²) in [5.74, 6) is -1.15. The molecule has 0 amide bonds. The van der Waals surface area contributed by atoms with Gasteiger partial charge in [0.25, 0.3) is 0 Å². The topological polar surface area (TPSA) is 92.7 Å². The molecule has 1 atom stereocenters. The molecule has 0 saturated carbocycles. The number of carboxylic acid groups (broad SMARTS) is 1. The molecule has 0 radical (unpaired) electrons. The number of sulfonamides is 1. The number of carbonyl (C=O) groups is 1. The summed E-state index contributed by atoms with van der Waals surface area (Å²) in [6, 6.07) is 5.03. The van der Waals surface area contributed by atoms with E-state index in [9.17, 15) is 13.2 Å². The molecule has 0 spiro atoms. The lowest BCUT2D eigenvalue weighted by Gasteiger charge is -2.23. The summed E-state index contributed by atoms with van der Waals surface area (Å²) in [7, 11) is -3.71. The molecular formula is C12H15NO5S. The van der Waals surface area contributed by atoms with Crippen LogP contribution in [-0.2, 0) is 14.8 Å². The minimum absolute atomic E-state index is 0.0435. The normalized spacial score (nSPS) is 20.1. The van der Waals surface area contributed by atoms with Gasteiger partial charge in [-0.2, -0.15) is 0 Å². The summed E-state index contributed by atoms with van der Waals surface area (Å²) >= 11 is 0. The maximum Gasteiger partial charge on any atom is 0.335 e. The first-order chi connectivity index (χ1) is 8.99. The van der Waals surface area contributed by atoms with Gasteiger partial charge in [0.2, 0.25) is 10.0 Å². The number of nitrogens with one attached hydrogen (secondary N) is 1. The van der Waals surface area contributed by atoms with E-state index in [0.29, 0.717) is 13.2 Å². The van der Waals surface area contributed by atoms with E-state index >= 15 is 0 Å². The minimum Gasteiger partial charge on any atom is -0.478 e. The van der Waals surface area contributed by atoms with Crippen molar-refractivity contribution >= 4 is 16.0 Å². The fourth-order valence-electron chi connectivity index (χ4n) is 1.92. The van der Waals surface area contributed by atoms with Gasteiger partial charge in [0.05, 0.1) is 17.1 Å². The number of hydrogen-bond acceptors (Lipinski definition) is 4. The van der Waals surface area contributed by atoms with Crippen molar-refractivity contribution in [1.29, 1.82) is 0 Å². The van der Waals surface area contributed by atoms with Crippen LogP contribution in [0.1, 0.15) is 23.2 Å². The zero-order valence-corrected chi connectivity index (χ0v) is 11.0. The van der Waals surface area contributed by atoms with E-state index in [1.165, 1.54) is 18.2 Å². The molecule has 6 nitrogen and oxygen atoms in total. The first kappa shape index (κ1) is 14.0. The fraction of sp³-hybridized carbons (Fsp3) is 0.417. The average molecular weight is 285 g/mol.